The Morgan fingerprint density at radius 2 is 1.95 bits per heavy atom. The highest BCUT2D eigenvalue weighted by Crippen LogP contribution is 2.34. The van der Waals surface area contributed by atoms with Crippen LogP contribution in [0, 0.1) is 0 Å². The summed E-state index contributed by atoms with van der Waals surface area (Å²) < 4.78 is 10.4. The van der Waals surface area contributed by atoms with E-state index >= 15 is 0 Å². The third-order valence-corrected chi connectivity index (χ3v) is 7.52. The fourth-order valence-corrected chi connectivity index (χ4v) is 5.37. The molecule has 190 valence electrons. The van der Waals surface area contributed by atoms with Gasteiger partial charge in [-0.15, -0.1) is 5.10 Å². The molecule has 5 aromatic rings. The number of tetrazole rings is 1. The van der Waals surface area contributed by atoms with E-state index in [1.165, 1.54) is 11.0 Å². The molecule has 0 aliphatic heterocycles. The number of halogens is 1. The van der Waals surface area contributed by atoms with Crippen LogP contribution in [0.1, 0.15) is 41.4 Å². The number of unbranched alkanes of at least 4 members (excludes halogenated alkanes) is 1. The number of para-hydroxylation sites is 1. The number of carbonyl (C=O) groups excluding carboxylic acids is 1. The van der Waals surface area contributed by atoms with Gasteiger partial charge in [-0.2, -0.15) is 4.68 Å². The second-order valence-corrected chi connectivity index (χ2v) is 10.0. The number of aryl methyl sites for hydroxylation is 1. The molecule has 0 aliphatic rings. The van der Waals surface area contributed by atoms with Gasteiger partial charge in [0.25, 0.3) is 5.91 Å². The Morgan fingerprint density at radius 3 is 2.73 bits per heavy atom. The van der Waals surface area contributed by atoms with Crippen LogP contribution in [-0.2, 0) is 26.7 Å². The number of benzene rings is 3. The number of fused-ring (bicyclic) bond motifs is 2. The SMILES string of the molecule is CCCCc1c(C(=O)N(C)Cc2ccc3c(Br)c(OCn4cnnn4)ccc3c2)c2ccccc2n1C. The minimum atomic E-state index is 0.0514. The zero-order chi connectivity index (χ0) is 25.9. The predicted octanol–water partition coefficient (Wildman–Crippen LogP) is 5.73. The highest BCUT2D eigenvalue weighted by atomic mass is 79.9. The molecule has 2 heterocycles. The second kappa shape index (κ2) is 10.7. The fraction of sp³-hybridized carbons (Fsp3) is 0.286. The average molecular weight is 561 g/mol. The van der Waals surface area contributed by atoms with Crippen LogP contribution in [-0.4, -0.2) is 42.6 Å². The van der Waals surface area contributed by atoms with Crippen molar-refractivity contribution in [2.24, 2.45) is 7.05 Å². The minimum absolute atomic E-state index is 0.0514. The van der Waals surface area contributed by atoms with E-state index < -0.39 is 0 Å². The molecule has 0 radical (unpaired) electrons. The third-order valence-electron chi connectivity index (χ3n) is 6.70. The number of aromatic nitrogens is 5. The van der Waals surface area contributed by atoms with Gasteiger partial charge in [0.2, 0.25) is 0 Å². The first-order chi connectivity index (χ1) is 18.0. The van der Waals surface area contributed by atoms with Crippen molar-refractivity contribution in [3.8, 4) is 5.75 Å². The maximum absolute atomic E-state index is 13.8. The number of amides is 1. The van der Waals surface area contributed by atoms with Crippen molar-refractivity contribution < 1.29 is 9.53 Å². The highest BCUT2D eigenvalue weighted by Gasteiger charge is 2.23. The van der Waals surface area contributed by atoms with E-state index in [1.54, 1.807) is 0 Å². The van der Waals surface area contributed by atoms with Gasteiger partial charge in [-0.25, -0.2) is 0 Å². The molecule has 3 aromatic carbocycles. The molecule has 0 N–H and O–H groups in total. The van der Waals surface area contributed by atoms with Gasteiger partial charge >= 0.3 is 0 Å². The first-order valence-electron chi connectivity index (χ1n) is 12.3. The van der Waals surface area contributed by atoms with Crippen molar-refractivity contribution >= 4 is 43.5 Å². The molecule has 0 saturated carbocycles. The summed E-state index contributed by atoms with van der Waals surface area (Å²) in [5.74, 6) is 0.758. The summed E-state index contributed by atoms with van der Waals surface area (Å²) in [6.45, 7) is 2.91. The van der Waals surface area contributed by atoms with Gasteiger partial charge in [-0.05, 0) is 73.7 Å². The van der Waals surface area contributed by atoms with Crippen LogP contribution in [0.4, 0.5) is 0 Å². The summed E-state index contributed by atoms with van der Waals surface area (Å²) in [5, 5.41) is 14.2. The van der Waals surface area contributed by atoms with Crippen LogP contribution in [0.25, 0.3) is 21.7 Å². The van der Waals surface area contributed by atoms with Crippen molar-refractivity contribution in [3.05, 3.63) is 82.2 Å². The normalized spacial score (nSPS) is 11.4. The molecule has 2 aromatic heterocycles. The lowest BCUT2D eigenvalue weighted by atomic mass is 10.0. The summed E-state index contributed by atoms with van der Waals surface area (Å²) >= 11 is 3.68. The molecule has 0 unspecified atom stereocenters. The maximum atomic E-state index is 13.8. The first kappa shape index (κ1) is 25.0. The molecule has 0 spiro atoms. The largest absolute Gasteiger partial charge is 0.470 e. The molecule has 0 fully saturated rings. The third kappa shape index (κ3) is 4.96. The van der Waals surface area contributed by atoms with Gasteiger partial charge in [0, 0.05) is 37.2 Å². The summed E-state index contributed by atoms with van der Waals surface area (Å²) in [5.41, 5.74) is 4.09. The molecule has 1 amide bonds. The molecule has 0 aliphatic carbocycles. The number of hydrogen-bond donors (Lipinski definition) is 0. The monoisotopic (exact) mass is 560 g/mol. The summed E-state index contributed by atoms with van der Waals surface area (Å²) in [4.78, 5) is 15.6. The smallest absolute Gasteiger partial charge is 0.256 e. The zero-order valence-corrected chi connectivity index (χ0v) is 22.8. The van der Waals surface area contributed by atoms with Crippen LogP contribution in [0.5, 0.6) is 5.75 Å². The lowest BCUT2D eigenvalue weighted by molar-refractivity contribution is 0.0785. The topological polar surface area (TPSA) is 78.1 Å². The minimum Gasteiger partial charge on any atom is -0.470 e. The molecule has 8 nitrogen and oxygen atoms in total. The van der Waals surface area contributed by atoms with Crippen LogP contribution in [0.3, 0.4) is 0 Å². The van der Waals surface area contributed by atoms with Crippen molar-refractivity contribution in [2.45, 2.75) is 39.5 Å². The lowest BCUT2D eigenvalue weighted by Gasteiger charge is -2.19. The molecule has 0 atom stereocenters. The Labute approximate surface area is 223 Å². The van der Waals surface area contributed by atoms with Crippen LogP contribution in [0.2, 0.25) is 0 Å². The van der Waals surface area contributed by atoms with E-state index in [2.05, 4.69) is 80.3 Å². The highest BCUT2D eigenvalue weighted by molar-refractivity contribution is 9.10. The van der Waals surface area contributed by atoms with Gasteiger partial charge in [-0.1, -0.05) is 49.7 Å². The quantitative estimate of drug-likeness (QED) is 0.230. The lowest BCUT2D eigenvalue weighted by Crippen LogP contribution is -2.27. The molecular formula is C28H29BrN6O2. The van der Waals surface area contributed by atoms with Crippen molar-refractivity contribution in [1.29, 1.82) is 0 Å². The second-order valence-electron chi connectivity index (χ2n) is 9.22. The van der Waals surface area contributed by atoms with Crippen LogP contribution < -0.4 is 4.74 Å². The van der Waals surface area contributed by atoms with E-state index in [1.807, 2.05) is 36.2 Å². The van der Waals surface area contributed by atoms with Gasteiger partial charge in [0.1, 0.15) is 12.1 Å². The number of ether oxygens (including phenoxy) is 1. The number of hydrogen-bond acceptors (Lipinski definition) is 5. The first-order valence-corrected chi connectivity index (χ1v) is 13.1. The van der Waals surface area contributed by atoms with Crippen LogP contribution >= 0.6 is 15.9 Å². The zero-order valence-electron chi connectivity index (χ0n) is 21.2. The van der Waals surface area contributed by atoms with Crippen LogP contribution in [0.15, 0.2) is 65.4 Å². The summed E-state index contributed by atoms with van der Waals surface area (Å²) in [7, 11) is 3.94. The fourth-order valence-electron chi connectivity index (χ4n) is 4.76. The van der Waals surface area contributed by atoms with Gasteiger partial charge in [0.05, 0.1) is 10.0 Å². The maximum Gasteiger partial charge on any atom is 0.256 e. The van der Waals surface area contributed by atoms with Crippen molar-refractivity contribution in [1.82, 2.24) is 29.7 Å². The number of rotatable bonds is 9. The Bertz CT molecular complexity index is 1560. The van der Waals surface area contributed by atoms with E-state index in [0.717, 1.165) is 62.2 Å². The Hall–Kier alpha value is -3.72. The van der Waals surface area contributed by atoms with E-state index in [-0.39, 0.29) is 12.6 Å². The predicted molar refractivity (Wildman–Crippen MR) is 147 cm³/mol. The number of nitrogens with zero attached hydrogens (tertiary/aromatic N) is 6. The number of carbonyl (C=O) groups is 1. The Balaban J connectivity index is 1.38. The standard InChI is InChI=1S/C28H29BrN6O2/c1-4-5-9-24-26(22-8-6-7-10-23(22)34(24)3)28(36)33(2)16-19-11-13-21-20(15-19)12-14-25(27(21)29)37-18-35-17-30-31-32-35/h6-8,10-15,17H,4-5,9,16,18H2,1-3H3. The van der Waals surface area contributed by atoms with Crippen molar-refractivity contribution in [2.75, 3.05) is 7.05 Å². The molecule has 5 rings (SSSR count). The summed E-state index contributed by atoms with van der Waals surface area (Å²) in [6, 6.07) is 18.4. The molecule has 0 bridgehead atoms. The van der Waals surface area contributed by atoms with Gasteiger partial charge < -0.3 is 14.2 Å². The molecule has 37 heavy (non-hydrogen) atoms. The molecule has 0 saturated heterocycles. The molecule has 9 heteroatoms. The van der Waals surface area contributed by atoms with Gasteiger partial charge in [0.15, 0.2) is 6.73 Å². The Kier molecular flexibility index (Phi) is 7.23. The van der Waals surface area contributed by atoms with E-state index in [4.69, 9.17) is 4.74 Å². The molecular weight excluding hydrogens is 532 g/mol. The summed E-state index contributed by atoms with van der Waals surface area (Å²) in [6.07, 6.45) is 4.53. The van der Waals surface area contributed by atoms with E-state index in [9.17, 15) is 4.79 Å². The van der Waals surface area contributed by atoms with E-state index in [0.29, 0.717) is 12.3 Å². The van der Waals surface area contributed by atoms with Crippen molar-refractivity contribution in [3.63, 3.8) is 0 Å². The average Bonchev–Trinajstić information content (AvgIpc) is 3.53. The Morgan fingerprint density at radius 1 is 1.11 bits per heavy atom. The van der Waals surface area contributed by atoms with Gasteiger partial charge in [-0.3, -0.25) is 4.79 Å².